The number of rotatable bonds is 5. The molecule has 0 radical (unpaired) electrons. The van der Waals surface area contributed by atoms with Gasteiger partial charge in [0.15, 0.2) is 0 Å². The summed E-state index contributed by atoms with van der Waals surface area (Å²) < 4.78 is 0. The standard InChI is InChI=1S/C11H20O2/c1-5-6-9(2)7-8-10(12)11(3,4)13/h5-6,10,12-13H,1,7-8H2,2-4H3/b9-6+/t10-/m1/s1. The van der Waals surface area contributed by atoms with Crippen LogP contribution < -0.4 is 0 Å². The fraction of sp³-hybridized carbons (Fsp3) is 0.636. The van der Waals surface area contributed by atoms with Crippen LogP contribution in [0.5, 0.6) is 0 Å². The van der Waals surface area contributed by atoms with E-state index in [1.54, 1.807) is 19.9 Å². The van der Waals surface area contributed by atoms with Gasteiger partial charge in [-0.05, 0) is 33.6 Å². The van der Waals surface area contributed by atoms with Crippen molar-refractivity contribution in [1.82, 2.24) is 0 Å². The summed E-state index contributed by atoms with van der Waals surface area (Å²) in [6, 6.07) is 0. The normalized spacial score (nSPS) is 15.6. The van der Waals surface area contributed by atoms with Gasteiger partial charge in [-0.3, -0.25) is 0 Å². The van der Waals surface area contributed by atoms with Gasteiger partial charge >= 0.3 is 0 Å². The number of hydrogen-bond acceptors (Lipinski definition) is 2. The maximum Gasteiger partial charge on any atom is 0.0849 e. The lowest BCUT2D eigenvalue weighted by Crippen LogP contribution is -2.35. The molecule has 0 aliphatic carbocycles. The van der Waals surface area contributed by atoms with Gasteiger partial charge in [0, 0.05) is 0 Å². The molecule has 0 aromatic rings. The predicted molar refractivity (Wildman–Crippen MR) is 55.5 cm³/mol. The molecule has 0 fully saturated rings. The Bertz CT molecular complexity index is 187. The minimum absolute atomic E-state index is 0.583. The van der Waals surface area contributed by atoms with Crippen molar-refractivity contribution in [3.8, 4) is 0 Å². The summed E-state index contributed by atoms with van der Waals surface area (Å²) in [5, 5.41) is 18.9. The molecule has 0 saturated carbocycles. The van der Waals surface area contributed by atoms with Gasteiger partial charge in [-0.1, -0.05) is 24.3 Å². The quantitative estimate of drug-likeness (QED) is 0.642. The summed E-state index contributed by atoms with van der Waals surface area (Å²) >= 11 is 0. The molecule has 76 valence electrons. The highest BCUT2D eigenvalue weighted by molar-refractivity contribution is 5.07. The molecule has 2 nitrogen and oxygen atoms in total. The smallest absolute Gasteiger partial charge is 0.0849 e. The fourth-order valence-electron chi connectivity index (χ4n) is 1.00. The van der Waals surface area contributed by atoms with Gasteiger partial charge in [-0.15, -0.1) is 0 Å². The molecule has 13 heavy (non-hydrogen) atoms. The summed E-state index contributed by atoms with van der Waals surface area (Å²) in [5.41, 5.74) is 0.160. The molecule has 2 N–H and O–H groups in total. The third-order valence-corrected chi connectivity index (χ3v) is 2.03. The second-order valence-electron chi connectivity index (χ2n) is 3.96. The highest BCUT2D eigenvalue weighted by Gasteiger charge is 2.23. The Morgan fingerprint density at radius 1 is 1.54 bits per heavy atom. The molecular weight excluding hydrogens is 164 g/mol. The Labute approximate surface area is 80.6 Å². The van der Waals surface area contributed by atoms with Crippen molar-refractivity contribution in [3.63, 3.8) is 0 Å². The first kappa shape index (κ1) is 12.4. The van der Waals surface area contributed by atoms with Crippen LogP contribution in [0.1, 0.15) is 33.6 Å². The number of aliphatic hydroxyl groups excluding tert-OH is 1. The van der Waals surface area contributed by atoms with Crippen molar-refractivity contribution in [2.45, 2.75) is 45.3 Å². The molecule has 0 rings (SSSR count). The lowest BCUT2D eigenvalue weighted by atomic mass is 9.96. The van der Waals surface area contributed by atoms with Crippen LogP contribution >= 0.6 is 0 Å². The first-order chi connectivity index (χ1) is 5.88. The molecule has 0 aromatic heterocycles. The third kappa shape index (κ3) is 5.61. The largest absolute Gasteiger partial charge is 0.390 e. The van der Waals surface area contributed by atoms with E-state index < -0.39 is 11.7 Å². The van der Waals surface area contributed by atoms with Gasteiger partial charge in [0.1, 0.15) is 0 Å². The Morgan fingerprint density at radius 3 is 2.46 bits per heavy atom. The van der Waals surface area contributed by atoms with Gasteiger partial charge in [-0.2, -0.15) is 0 Å². The number of hydrogen-bond donors (Lipinski definition) is 2. The Kier molecular flexibility index (Phi) is 4.96. The van der Waals surface area contributed by atoms with Gasteiger partial charge in [0.2, 0.25) is 0 Å². The monoisotopic (exact) mass is 184 g/mol. The molecular formula is C11H20O2. The Morgan fingerprint density at radius 2 is 2.08 bits per heavy atom. The van der Waals surface area contributed by atoms with E-state index in [-0.39, 0.29) is 0 Å². The highest BCUT2D eigenvalue weighted by Crippen LogP contribution is 2.16. The zero-order valence-electron chi connectivity index (χ0n) is 8.75. The zero-order valence-corrected chi connectivity index (χ0v) is 8.75. The van der Waals surface area contributed by atoms with E-state index in [9.17, 15) is 10.2 Å². The lowest BCUT2D eigenvalue weighted by Gasteiger charge is -2.24. The summed E-state index contributed by atoms with van der Waals surface area (Å²) in [6.45, 7) is 8.80. The van der Waals surface area contributed by atoms with E-state index in [0.717, 1.165) is 6.42 Å². The minimum atomic E-state index is -1.01. The molecule has 0 aliphatic rings. The SMILES string of the molecule is C=C/C=C(\C)CC[C@@H](O)C(C)(C)O. The van der Waals surface area contributed by atoms with Crippen LogP contribution in [0.2, 0.25) is 0 Å². The minimum Gasteiger partial charge on any atom is -0.390 e. The number of allylic oxidation sites excluding steroid dienone is 3. The molecule has 0 spiro atoms. The maximum atomic E-state index is 9.50. The van der Waals surface area contributed by atoms with E-state index in [0.29, 0.717) is 6.42 Å². The first-order valence-corrected chi connectivity index (χ1v) is 4.56. The van der Waals surface area contributed by atoms with E-state index in [4.69, 9.17) is 0 Å². The van der Waals surface area contributed by atoms with Crippen LogP contribution in [0, 0.1) is 0 Å². The molecule has 0 aromatic carbocycles. The van der Waals surface area contributed by atoms with Crippen molar-refractivity contribution in [3.05, 3.63) is 24.3 Å². The second-order valence-corrected chi connectivity index (χ2v) is 3.96. The molecule has 0 heterocycles. The molecule has 0 bridgehead atoms. The molecule has 0 saturated heterocycles. The molecule has 0 unspecified atom stereocenters. The topological polar surface area (TPSA) is 40.5 Å². The van der Waals surface area contributed by atoms with E-state index >= 15 is 0 Å². The molecule has 1 atom stereocenters. The van der Waals surface area contributed by atoms with Crippen molar-refractivity contribution < 1.29 is 10.2 Å². The lowest BCUT2D eigenvalue weighted by molar-refractivity contribution is -0.0509. The van der Waals surface area contributed by atoms with Crippen LogP contribution in [0.3, 0.4) is 0 Å². The van der Waals surface area contributed by atoms with Crippen molar-refractivity contribution in [2.24, 2.45) is 0 Å². The predicted octanol–water partition coefficient (Wildman–Crippen LogP) is 2.03. The van der Waals surface area contributed by atoms with E-state index in [1.165, 1.54) is 5.57 Å². The Hall–Kier alpha value is -0.600. The van der Waals surface area contributed by atoms with Gasteiger partial charge < -0.3 is 10.2 Å². The second kappa shape index (κ2) is 5.20. The van der Waals surface area contributed by atoms with Gasteiger partial charge in [-0.25, -0.2) is 0 Å². The average Bonchev–Trinajstić information content (AvgIpc) is 1.99. The maximum absolute atomic E-state index is 9.50. The third-order valence-electron chi connectivity index (χ3n) is 2.03. The average molecular weight is 184 g/mol. The summed E-state index contributed by atoms with van der Waals surface area (Å²) in [5.74, 6) is 0. The molecule has 0 aliphatic heterocycles. The van der Waals surface area contributed by atoms with E-state index in [2.05, 4.69) is 6.58 Å². The fourth-order valence-corrected chi connectivity index (χ4v) is 1.00. The van der Waals surface area contributed by atoms with Crippen molar-refractivity contribution >= 4 is 0 Å². The zero-order chi connectivity index (χ0) is 10.5. The first-order valence-electron chi connectivity index (χ1n) is 4.56. The summed E-state index contributed by atoms with van der Waals surface area (Å²) in [4.78, 5) is 0. The van der Waals surface area contributed by atoms with Gasteiger partial charge in [0.05, 0.1) is 11.7 Å². The molecule has 2 heteroatoms. The van der Waals surface area contributed by atoms with Crippen LogP contribution in [-0.4, -0.2) is 21.9 Å². The molecule has 0 amide bonds. The summed E-state index contributed by atoms with van der Waals surface area (Å²) in [6.07, 6.45) is 4.35. The summed E-state index contributed by atoms with van der Waals surface area (Å²) in [7, 11) is 0. The van der Waals surface area contributed by atoms with Gasteiger partial charge in [0.25, 0.3) is 0 Å². The van der Waals surface area contributed by atoms with Crippen LogP contribution in [-0.2, 0) is 0 Å². The Balaban J connectivity index is 3.90. The van der Waals surface area contributed by atoms with Crippen LogP contribution in [0.4, 0.5) is 0 Å². The highest BCUT2D eigenvalue weighted by atomic mass is 16.3. The van der Waals surface area contributed by atoms with Crippen molar-refractivity contribution in [1.29, 1.82) is 0 Å². The van der Waals surface area contributed by atoms with Crippen molar-refractivity contribution in [2.75, 3.05) is 0 Å². The van der Waals surface area contributed by atoms with E-state index in [1.807, 2.05) is 13.0 Å². The number of aliphatic hydroxyl groups is 2. The van der Waals surface area contributed by atoms with Crippen LogP contribution in [0.15, 0.2) is 24.3 Å². The van der Waals surface area contributed by atoms with Crippen LogP contribution in [0.25, 0.3) is 0 Å².